The van der Waals surface area contributed by atoms with Crippen LogP contribution in [0.15, 0.2) is 0 Å². The van der Waals surface area contributed by atoms with E-state index in [1.54, 1.807) is 23.6 Å². The molecule has 0 aliphatic carbocycles. The van der Waals surface area contributed by atoms with Crippen molar-refractivity contribution in [2.45, 2.75) is 19.9 Å². The van der Waals surface area contributed by atoms with E-state index < -0.39 is 5.97 Å². The fourth-order valence-electron chi connectivity index (χ4n) is 1.41. The number of aromatic nitrogens is 3. The molecule has 18 heavy (non-hydrogen) atoms. The molecule has 0 aliphatic heterocycles. The minimum atomic E-state index is -0.444. The quantitative estimate of drug-likeness (QED) is 0.523. The zero-order chi connectivity index (χ0) is 13.4. The lowest BCUT2D eigenvalue weighted by Crippen LogP contribution is -2.12. The Balaban J connectivity index is 2.53. The predicted molar refractivity (Wildman–Crippen MR) is 69.9 cm³/mol. The summed E-state index contributed by atoms with van der Waals surface area (Å²) >= 11 is 1.79. The monoisotopic (exact) mass is 273 g/mol. The van der Waals surface area contributed by atoms with Gasteiger partial charge in [0.25, 0.3) is 0 Å². The van der Waals surface area contributed by atoms with E-state index in [9.17, 15) is 4.79 Å². The molecule has 102 valence electrons. The molecule has 0 saturated heterocycles. The highest BCUT2D eigenvalue weighted by molar-refractivity contribution is 7.98. The number of nitrogens with zero attached hydrogens (tertiary/aromatic N) is 3. The molecule has 7 heteroatoms. The van der Waals surface area contributed by atoms with E-state index in [1.807, 2.05) is 6.92 Å². The van der Waals surface area contributed by atoms with Gasteiger partial charge in [0, 0.05) is 13.7 Å². The van der Waals surface area contributed by atoms with Crippen LogP contribution in [0.1, 0.15) is 22.6 Å². The van der Waals surface area contributed by atoms with E-state index in [-0.39, 0.29) is 12.3 Å². The third-order valence-corrected chi connectivity index (χ3v) is 3.11. The lowest BCUT2D eigenvalue weighted by molar-refractivity contribution is 0.0380. The van der Waals surface area contributed by atoms with Gasteiger partial charge in [-0.25, -0.2) is 9.48 Å². The summed E-state index contributed by atoms with van der Waals surface area (Å²) in [6, 6.07) is 0. The first-order valence-corrected chi connectivity index (χ1v) is 7.15. The molecular weight excluding hydrogens is 254 g/mol. The van der Waals surface area contributed by atoms with E-state index in [4.69, 9.17) is 9.47 Å². The third-order valence-electron chi connectivity index (χ3n) is 2.41. The van der Waals surface area contributed by atoms with E-state index in [0.717, 1.165) is 24.4 Å². The fraction of sp³-hybridized carbons (Fsp3) is 0.727. The summed E-state index contributed by atoms with van der Waals surface area (Å²) in [6.07, 6.45) is 3.07. The van der Waals surface area contributed by atoms with Crippen LogP contribution >= 0.6 is 11.8 Å². The second-order valence-electron chi connectivity index (χ2n) is 3.72. The van der Waals surface area contributed by atoms with Crippen molar-refractivity contribution in [2.75, 3.05) is 32.3 Å². The van der Waals surface area contributed by atoms with Gasteiger partial charge in [-0.05, 0) is 25.4 Å². The smallest absolute Gasteiger partial charge is 0.360 e. The van der Waals surface area contributed by atoms with Crippen molar-refractivity contribution in [3.63, 3.8) is 0 Å². The lowest BCUT2D eigenvalue weighted by atomic mass is 10.3. The number of hydrogen-bond acceptors (Lipinski definition) is 6. The van der Waals surface area contributed by atoms with Gasteiger partial charge >= 0.3 is 5.97 Å². The topological polar surface area (TPSA) is 66.2 Å². The molecule has 6 nitrogen and oxygen atoms in total. The van der Waals surface area contributed by atoms with Crippen LogP contribution in [0.3, 0.4) is 0 Å². The van der Waals surface area contributed by atoms with Gasteiger partial charge in [-0.1, -0.05) is 5.21 Å². The van der Waals surface area contributed by atoms with Crippen molar-refractivity contribution in [3.8, 4) is 0 Å². The maximum Gasteiger partial charge on any atom is 0.360 e. The Labute approximate surface area is 111 Å². The summed E-state index contributed by atoms with van der Waals surface area (Å²) in [5.41, 5.74) is 1.04. The highest BCUT2D eigenvalue weighted by Crippen LogP contribution is 2.07. The van der Waals surface area contributed by atoms with Crippen LogP contribution in [0.4, 0.5) is 0 Å². The second-order valence-corrected chi connectivity index (χ2v) is 4.71. The van der Waals surface area contributed by atoms with Crippen LogP contribution in [-0.2, 0) is 16.0 Å². The average molecular weight is 273 g/mol. The van der Waals surface area contributed by atoms with Crippen LogP contribution in [0.2, 0.25) is 0 Å². The average Bonchev–Trinajstić information content (AvgIpc) is 2.72. The first kappa shape index (κ1) is 15.0. The molecule has 1 aromatic rings. The van der Waals surface area contributed by atoms with Crippen LogP contribution in [0, 0.1) is 6.92 Å². The number of hydrogen-bond donors (Lipinski definition) is 0. The summed E-state index contributed by atoms with van der Waals surface area (Å²) in [5.74, 6) is 0.619. The van der Waals surface area contributed by atoms with Crippen molar-refractivity contribution >= 4 is 17.7 Å². The molecule has 0 fully saturated rings. The van der Waals surface area contributed by atoms with Crippen molar-refractivity contribution in [1.29, 1.82) is 0 Å². The Kier molecular flexibility index (Phi) is 6.74. The highest BCUT2D eigenvalue weighted by Gasteiger charge is 2.17. The minimum absolute atomic E-state index is 0.230. The molecule has 0 saturated carbocycles. The van der Waals surface area contributed by atoms with Crippen molar-refractivity contribution in [1.82, 2.24) is 15.0 Å². The Hall–Kier alpha value is -1.08. The second kappa shape index (κ2) is 8.10. The van der Waals surface area contributed by atoms with Gasteiger partial charge in [0.2, 0.25) is 0 Å². The standard InChI is InChI=1S/C11H19N3O3S/c1-9-10(11(15)17-7-6-16-2)12-13-14(9)5-4-8-18-3/h4-8H2,1-3H3. The molecule has 0 bridgehead atoms. The molecular formula is C11H19N3O3S. The lowest BCUT2D eigenvalue weighted by Gasteiger charge is -2.04. The van der Waals surface area contributed by atoms with Crippen LogP contribution in [-0.4, -0.2) is 53.3 Å². The first-order valence-electron chi connectivity index (χ1n) is 5.75. The molecule has 0 radical (unpaired) electrons. The Bertz CT molecular complexity index is 382. The van der Waals surface area contributed by atoms with E-state index in [0.29, 0.717) is 6.61 Å². The normalized spacial score (nSPS) is 10.6. The summed E-state index contributed by atoms with van der Waals surface area (Å²) in [5, 5.41) is 7.83. The van der Waals surface area contributed by atoms with Gasteiger partial charge in [0.15, 0.2) is 5.69 Å². The van der Waals surface area contributed by atoms with Gasteiger partial charge in [0.1, 0.15) is 6.61 Å². The number of ether oxygens (including phenoxy) is 2. The van der Waals surface area contributed by atoms with Gasteiger partial charge in [-0.15, -0.1) is 5.10 Å². The maximum atomic E-state index is 11.7. The summed E-state index contributed by atoms with van der Waals surface area (Å²) in [7, 11) is 1.56. The summed E-state index contributed by atoms with van der Waals surface area (Å²) in [6.45, 7) is 3.21. The van der Waals surface area contributed by atoms with Crippen molar-refractivity contribution in [3.05, 3.63) is 11.4 Å². The van der Waals surface area contributed by atoms with E-state index in [1.165, 1.54) is 0 Å². The zero-order valence-corrected chi connectivity index (χ0v) is 11.8. The third kappa shape index (κ3) is 4.30. The molecule has 0 N–H and O–H groups in total. The van der Waals surface area contributed by atoms with Crippen molar-refractivity contribution < 1.29 is 14.3 Å². The molecule has 1 heterocycles. The van der Waals surface area contributed by atoms with Gasteiger partial charge in [-0.2, -0.15) is 11.8 Å². The number of carbonyl (C=O) groups is 1. The highest BCUT2D eigenvalue weighted by atomic mass is 32.2. The number of esters is 1. The van der Waals surface area contributed by atoms with E-state index in [2.05, 4.69) is 16.6 Å². The van der Waals surface area contributed by atoms with Gasteiger partial charge in [-0.3, -0.25) is 0 Å². The Morgan fingerprint density at radius 1 is 1.44 bits per heavy atom. The number of thioether (sulfide) groups is 1. The number of methoxy groups -OCH3 is 1. The molecule has 0 unspecified atom stereocenters. The van der Waals surface area contributed by atoms with Gasteiger partial charge < -0.3 is 9.47 Å². The molecule has 0 amide bonds. The number of aryl methyl sites for hydroxylation is 1. The first-order chi connectivity index (χ1) is 8.70. The largest absolute Gasteiger partial charge is 0.458 e. The minimum Gasteiger partial charge on any atom is -0.458 e. The Morgan fingerprint density at radius 3 is 2.89 bits per heavy atom. The number of carbonyl (C=O) groups excluding carboxylic acids is 1. The van der Waals surface area contributed by atoms with Gasteiger partial charge in [0.05, 0.1) is 12.3 Å². The molecule has 0 atom stereocenters. The van der Waals surface area contributed by atoms with Crippen LogP contribution in [0.5, 0.6) is 0 Å². The number of rotatable bonds is 8. The van der Waals surface area contributed by atoms with Crippen molar-refractivity contribution in [2.24, 2.45) is 0 Å². The van der Waals surface area contributed by atoms with Crippen LogP contribution in [0.25, 0.3) is 0 Å². The van der Waals surface area contributed by atoms with Crippen LogP contribution < -0.4 is 0 Å². The summed E-state index contributed by atoms with van der Waals surface area (Å²) in [4.78, 5) is 11.7. The fourth-order valence-corrected chi connectivity index (χ4v) is 1.82. The molecule has 0 aromatic carbocycles. The molecule has 0 aliphatic rings. The Morgan fingerprint density at radius 2 is 2.22 bits per heavy atom. The molecule has 1 rings (SSSR count). The SMILES string of the molecule is COCCOC(=O)c1nnn(CCCSC)c1C. The summed E-state index contributed by atoms with van der Waals surface area (Å²) < 4.78 is 11.6. The molecule has 1 aromatic heterocycles. The predicted octanol–water partition coefficient (Wildman–Crippen LogP) is 1.14. The van der Waals surface area contributed by atoms with E-state index >= 15 is 0 Å². The maximum absolute atomic E-state index is 11.7. The molecule has 0 spiro atoms. The zero-order valence-electron chi connectivity index (χ0n) is 11.0.